The molecule has 5 nitrogen and oxygen atoms in total. The Morgan fingerprint density at radius 2 is 1.96 bits per heavy atom. The monoisotopic (exact) mass is 371 g/mol. The summed E-state index contributed by atoms with van der Waals surface area (Å²) in [6, 6.07) is 14.4. The van der Waals surface area contributed by atoms with Crippen LogP contribution < -0.4 is 4.74 Å². The Bertz CT molecular complexity index is 815. The van der Waals surface area contributed by atoms with E-state index in [9.17, 15) is 4.79 Å². The van der Waals surface area contributed by atoms with Gasteiger partial charge in [-0.3, -0.25) is 4.79 Å². The molecule has 0 aromatic heterocycles. The quantitative estimate of drug-likeness (QED) is 0.748. The van der Waals surface area contributed by atoms with Gasteiger partial charge in [0.1, 0.15) is 5.75 Å². The molecule has 1 amide bonds. The van der Waals surface area contributed by atoms with Crippen LogP contribution in [0.3, 0.4) is 0 Å². The van der Waals surface area contributed by atoms with Crippen LogP contribution in [0.5, 0.6) is 5.75 Å². The van der Waals surface area contributed by atoms with Crippen molar-refractivity contribution in [3.8, 4) is 11.8 Å². The van der Waals surface area contributed by atoms with Gasteiger partial charge in [-0.2, -0.15) is 5.26 Å². The lowest BCUT2D eigenvalue weighted by atomic mass is 10.1. The van der Waals surface area contributed by atoms with Crippen molar-refractivity contribution >= 4 is 17.5 Å². The molecule has 0 N–H and O–H groups in total. The molecule has 0 aliphatic rings. The second-order valence-electron chi connectivity index (χ2n) is 6.19. The van der Waals surface area contributed by atoms with E-state index in [2.05, 4.69) is 6.07 Å². The second-order valence-corrected chi connectivity index (χ2v) is 6.62. The maximum atomic E-state index is 13.1. The molecule has 0 radical (unpaired) electrons. The molecule has 136 valence electrons. The van der Waals surface area contributed by atoms with E-state index in [1.165, 1.54) is 7.11 Å². The molecular weight excluding hydrogens is 350 g/mol. The fourth-order valence-corrected chi connectivity index (χ4v) is 2.71. The average Bonchev–Trinajstić information content (AvgIpc) is 2.64. The highest BCUT2D eigenvalue weighted by atomic mass is 35.5. The Balaban J connectivity index is 2.31. The summed E-state index contributed by atoms with van der Waals surface area (Å²) in [5.41, 5.74) is 1.95. The number of benzene rings is 2. The zero-order valence-corrected chi connectivity index (χ0v) is 16.0. The van der Waals surface area contributed by atoms with E-state index in [0.717, 1.165) is 12.1 Å². The highest BCUT2D eigenvalue weighted by molar-refractivity contribution is 6.30. The van der Waals surface area contributed by atoms with Gasteiger partial charge >= 0.3 is 0 Å². The van der Waals surface area contributed by atoms with Crippen LogP contribution in [0.2, 0.25) is 5.02 Å². The van der Waals surface area contributed by atoms with Gasteiger partial charge in [0.25, 0.3) is 5.91 Å². The lowest BCUT2D eigenvalue weighted by Gasteiger charge is -2.25. The van der Waals surface area contributed by atoms with Crippen LogP contribution in [0.25, 0.3) is 0 Å². The first kappa shape index (κ1) is 19.8. The molecule has 0 aliphatic heterocycles. The molecule has 6 heteroatoms. The summed E-state index contributed by atoms with van der Waals surface area (Å²) in [5.74, 6) is 0.311. The summed E-state index contributed by atoms with van der Waals surface area (Å²) < 4.78 is 5.32. The molecule has 2 aromatic carbocycles. The smallest absolute Gasteiger partial charge is 0.257 e. The van der Waals surface area contributed by atoms with Gasteiger partial charge in [0.15, 0.2) is 0 Å². The van der Waals surface area contributed by atoms with E-state index in [1.54, 1.807) is 35.2 Å². The minimum atomic E-state index is -0.136. The Hall–Kier alpha value is -2.55. The Kier molecular flexibility index (Phi) is 7.02. The predicted octanol–water partition coefficient (Wildman–Crippen LogP) is 3.42. The van der Waals surface area contributed by atoms with Crippen LogP contribution in [0.15, 0.2) is 42.5 Å². The number of carbonyl (C=O) groups is 1. The van der Waals surface area contributed by atoms with Gasteiger partial charge in [-0.15, -0.1) is 0 Å². The van der Waals surface area contributed by atoms with Crippen LogP contribution in [-0.4, -0.2) is 50.0 Å². The maximum Gasteiger partial charge on any atom is 0.257 e. The number of amides is 1. The van der Waals surface area contributed by atoms with E-state index in [1.807, 2.05) is 31.1 Å². The Labute approximate surface area is 159 Å². The zero-order valence-electron chi connectivity index (χ0n) is 15.2. The first-order valence-electron chi connectivity index (χ1n) is 8.21. The number of hydrogen-bond acceptors (Lipinski definition) is 4. The van der Waals surface area contributed by atoms with Crippen LogP contribution in [0.4, 0.5) is 0 Å². The fourth-order valence-electron chi connectivity index (χ4n) is 2.54. The van der Waals surface area contributed by atoms with Crippen molar-refractivity contribution in [2.45, 2.75) is 6.54 Å². The largest absolute Gasteiger partial charge is 0.496 e. The minimum absolute atomic E-state index is 0.136. The van der Waals surface area contributed by atoms with Crippen molar-refractivity contribution in [3.63, 3.8) is 0 Å². The molecule has 26 heavy (non-hydrogen) atoms. The number of nitriles is 1. The minimum Gasteiger partial charge on any atom is -0.496 e. The van der Waals surface area contributed by atoms with Crippen molar-refractivity contribution < 1.29 is 9.53 Å². The SMILES string of the molecule is COc1cc(Cl)ccc1C(=O)N(CCN(C)C)Cc1cccc(C#N)c1. The van der Waals surface area contributed by atoms with Gasteiger partial charge in [0.05, 0.1) is 24.3 Å². The molecule has 0 aliphatic carbocycles. The van der Waals surface area contributed by atoms with Gasteiger partial charge in [-0.05, 0) is 50.0 Å². The number of methoxy groups -OCH3 is 1. The van der Waals surface area contributed by atoms with Gasteiger partial charge in [-0.25, -0.2) is 0 Å². The average molecular weight is 372 g/mol. The van der Waals surface area contributed by atoms with Crippen molar-refractivity contribution in [2.24, 2.45) is 0 Å². The number of ether oxygens (including phenoxy) is 1. The highest BCUT2D eigenvalue weighted by Crippen LogP contribution is 2.25. The summed E-state index contributed by atoms with van der Waals surface area (Å²) in [7, 11) is 5.44. The van der Waals surface area contributed by atoms with Crippen LogP contribution in [0, 0.1) is 11.3 Å². The summed E-state index contributed by atoms with van der Waals surface area (Å²) in [4.78, 5) is 16.9. The van der Waals surface area contributed by atoms with Crippen molar-refractivity contribution in [2.75, 3.05) is 34.3 Å². The fraction of sp³-hybridized carbons (Fsp3) is 0.300. The van der Waals surface area contributed by atoms with E-state index in [4.69, 9.17) is 21.6 Å². The predicted molar refractivity (Wildman–Crippen MR) is 102 cm³/mol. The molecule has 0 fully saturated rings. The number of hydrogen-bond donors (Lipinski definition) is 0. The maximum absolute atomic E-state index is 13.1. The van der Waals surface area contributed by atoms with Crippen molar-refractivity contribution in [1.29, 1.82) is 5.26 Å². The summed E-state index contributed by atoms with van der Waals surface area (Å²) in [5, 5.41) is 9.60. The number of likely N-dealkylation sites (N-methyl/N-ethyl adjacent to an activating group) is 1. The van der Waals surface area contributed by atoms with Crippen molar-refractivity contribution in [3.05, 3.63) is 64.2 Å². The molecule has 0 bridgehead atoms. The highest BCUT2D eigenvalue weighted by Gasteiger charge is 2.20. The molecule has 0 spiro atoms. The van der Waals surface area contributed by atoms with Crippen LogP contribution >= 0.6 is 11.6 Å². The number of rotatable bonds is 7. The molecule has 2 aromatic rings. The molecule has 2 rings (SSSR count). The second kappa shape index (κ2) is 9.23. The summed E-state index contributed by atoms with van der Waals surface area (Å²) >= 11 is 6.00. The van der Waals surface area contributed by atoms with Crippen molar-refractivity contribution in [1.82, 2.24) is 9.80 Å². The molecule has 0 atom stereocenters. The normalized spacial score (nSPS) is 10.5. The third-order valence-corrected chi connectivity index (χ3v) is 4.16. The van der Waals surface area contributed by atoms with Crippen LogP contribution in [-0.2, 0) is 6.54 Å². The number of carbonyl (C=O) groups excluding carboxylic acids is 1. The van der Waals surface area contributed by atoms with Gasteiger partial charge < -0.3 is 14.5 Å². The van der Waals surface area contributed by atoms with E-state index >= 15 is 0 Å². The summed E-state index contributed by atoms with van der Waals surface area (Å²) in [6.07, 6.45) is 0. The standard InChI is InChI=1S/C20H22ClN3O2/c1-23(2)9-10-24(14-16-6-4-5-15(11-16)13-22)20(25)18-8-7-17(21)12-19(18)26-3/h4-8,11-12H,9-10,14H2,1-3H3. The third kappa shape index (κ3) is 5.22. The van der Waals surface area contributed by atoms with Gasteiger partial charge in [0, 0.05) is 24.7 Å². The number of halogens is 1. The lowest BCUT2D eigenvalue weighted by molar-refractivity contribution is 0.0728. The summed E-state index contributed by atoms with van der Waals surface area (Å²) in [6.45, 7) is 1.68. The van der Waals surface area contributed by atoms with Crippen LogP contribution in [0.1, 0.15) is 21.5 Å². The topological polar surface area (TPSA) is 56.6 Å². The lowest BCUT2D eigenvalue weighted by Crippen LogP contribution is -2.36. The number of nitrogens with zero attached hydrogens (tertiary/aromatic N) is 3. The van der Waals surface area contributed by atoms with E-state index < -0.39 is 0 Å². The molecule has 0 saturated heterocycles. The first-order chi connectivity index (χ1) is 12.4. The zero-order chi connectivity index (χ0) is 19.1. The Morgan fingerprint density at radius 3 is 2.62 bits per heavy atom. The molecule has 0 heterocycles. The van der Waals surface area contributed by atoms with Gasteiger partial charge in [0.2, 0.25) is 0 Å². The first-order valence-corrected chi connectivity index (χ1v) is 8.59. The Morgan fingerprint density at radius 1 is 1.19 bits per heavy atom. The molecule has 0 unspecified atom stereocenters. The van der Waals surface area contributed by atoms with E-state index in [0.29, 0.717) is 35.0 Å². The van der Waals surface area contributed by atoms with E-state index in [-0.39, 0.29) is 5.91 Å². The molecule has 0 saturated carbocycles. The molecular formula is C20H22ClN3O2. The third-order valence-electron chi connectivity index (χ3n) is 3.93. The van der Waals surface area contributed by atoms with Gasteiger partial charge in [-0.1, -0.05) is 23.7 Å².